The van der Waals surface area contributed by atoms with Crippen molar-refractivity contribution in [3.63, 3.8) is 0 Å². The van der Waals surface area contributed by atoms with Gasteiger partial charge in [0, 0.05) is 17.5 Å². The summed E-state index contributed by atoms with van der Waals surface area (Å²) in [6, 6.07) is 9.02. The SMILES string of the molecule is CC(C)(C)OC(=O)NC(Cc1ccc(Oc2ccc(Cl)cc2)c([N+](=O)[O-])c1)C(=O)O. The van der Waals surface area contributed by atoms with Crippen molar-refractivity contribution in [3.8, 4) is 11.5 Å². The van der Waals surface area contributed by atoms with Gasteiger partial charge in [-0.2, -0.15) is 0 Å². The smallest absolute Gasteiger partial charge is 0.408 e. The van der Waals surface area contributed by atoms with Crippen LogP contribution in [0.15, 0.2) is 42.5 Å². The summed E-state index contributed by atoms with van der Waals surface area (Å²) in [5, 5.41) is 23.6. The standard InChI is InChI=1S/C20H21ClN2O7/c1-20(2,3)30-19(26)22-15(18(24)25)10-12-4-9-17(16(11-12)23(27)28)29-14-7-5-13(21)6-8-14/h4-9,11,15H,10H2,1-3H3,(H,22,26)(H,24,25). The van der Waals surface area contributed by atoms with Gasteiger partial charge < -0.3 is 19.9 Å². The summed E-state index contributed by atoms with van der Waals surface area (Å²) in [5.74, 6) is -0.965. The summed E-state index contributed by atoms with van der Waals surface area (Å²) >= 11 is 5.81. The van der Waals surface area contributed by atoms with Gasteiger partial charge in [-0.1, -0.05) is 17.7 Å². The van der Waals surface area contributed by atoms with E-state index in [4.69, 9.17) is 21.1 Å². The quantitative estimate of drug-likeness (QED) is 0.480. The number of hydrogen-bond acceptors (Lipinski definition) is 6. The zero-order chi connectivity index (χ0) is 22.5. The Labute approximate surface area is 177 Å². The summed E-state index contributed by atoms with van der Waals surface area (Å²) in [6.07, 6.45) is -1.08. The first kappa shape index (κ1) is 23.0. The first-order chi connectivity index (χ1) is 13.9. The number of alkyl carbamates (subject to hydrolysis) is 1. The van der Waals surface area contributed by atoms with Crippen LogP contribution in [0.4, 0.5) is 10.5 Å². The minimum atomic E-state index is -1.33. The molecule has 0 saturated heterocycles. The average Bonchev–Trinajstić information content (AvgIpc) is 2.62. The number of benzene rings is 2. The van der Waals surface area contributed by atoms with Gasteiger partial charge in [0.1, 0.15) is 17.4 Å². The third-order valence-electron chi connectivity index (χ3n) is 3.69. The Bertz CT molecular complexity index is 939. The molecule has 9 nitrogen and oxygen atoms in total. The van der Waals surface area contributed by atoms with Gasteiger partial charge in [0.2, 0.25) is 5.75 Å². The Morgan fingerprint density at radius 3 is 2.37 bits per heavy atom. The highest BCUT2D eigenvalue weighted by Gasteiger charge is 2.26. The second-order valence-corrected chi connectivity index (χ2v) is 7.79. The lowest BCUT2D eigenvalue weighted by Crippen LogP contribution is -2.44. The molecule has 0 aliphatic heterocycles. The number of hydrogen-bond donors (Lipinski definition) is 2. The number of carbonyl (C=O) groups is 2. The molecule has 0 bridgehead atoms. The molecule has 1 atom stereocenters. The molecule has 1 amide bonds. The van der Waals surface area contributed by atoms with Gasteiger partial charge >= 0.3 is 17.7 Å². The summed E-state index contributed by atoms with van der Waals surface area (Å²) in [6.45, 7) is 4.93. The van der Waals surface area contributed by atoms with Crippen molar-refractivity contribution in [1.29, 1.82) is 0 Å². The number of rotatable bonds is 7. The molecule has 2 aromatic rings. The van der Waals surface area contributed by atoms with Gasteiger partial charge in [0.25, 0.3) is 0 Å². The predicted molar refractivity (Wildman–Crippen MR) is 109 cm³/mol. The van der Waals surface area contributed by atoms with Crippen LogP contribution in [0, 0.1) is 10.1 Å². The zero-order valence-electron chi connectivity index (χ0n) is 16.5. The number of nitro groups is 1. The average molecular weight is 437 g/mol. The van der Waals surface area contributed by atoms with Crippen molar-refractivity contribution < 1.29 is 29.1 Å². The minimum absolute atomic E-state index is 0.0157. The molecule has 0 saturated carbocycles. The third kappa shape index (κ3) is 6.93. The van der Waals surface area contributed by atoms with Crippen LogP contribution in [0.3, 0.4) is 0 Å². The van der Waals surface area contributed by atoms with E-state index in [0.717, 1.165) is 0 Å². The molecular formula is C20H21ClN2O7. The van der Waals surface area contributed by atoms with E-state index in [0.29, 0.717) is 16.3 Å². The van der Waals surface area contributed by atoms with Gasteiger partial charge in [-0.05, 0) is 56.7 Å². The van der Waals surface area contributed by atoms with Gasteiger partial charge in [-0.3, -0.25) is 10.1 Å². The van der Waals surface area contributed by atoms with Crippen LogP contribution in [-0.2, 0) is 16.0 Å². The lowest BCUT2D eigenvalue weighted by Gasteiger charge is -2.22. The van der Waals surface area contributed by atoms with E-state index in [2.05, 4.69) is 5.32 Å². The third-order valence-corrected chi connectivity index (χ3v) is 3.94. The molecule has 0 fully saturated rings. The van der Waals surface area contributed by atoms with E-state index in [-0.39, 0.29) is 17.9 Å². The molecule has 10 heteroatoms. The largest absolute Gasteiger partial charge is 0.480 e. The molecule has 0 heterocycles. The Balaban J connectivity index is 2.20. The Morgan fingerprint density at radius 1 is 1.20 bits per heavy atom. The summed E-state index contributed by atoms with van der Waals surface area (Å²) in [4.78, 5) is 34.2. The van der Waals surface area contributed by atoms with E-state index in [1.54, 1.807) is 45.0 Å². The van der Waals surface area contributed by atoms with Crippen molar-refractivity contribution in [2.24, 2.45) is 0 Å². The van der Waals surface area contributed by atoms with E-state index in [1.165, 1.54) is 18.2 Å². The highest BCUT2D eigenvalue weighted by atomic mass is 35.5. The van der Waals surface area contributed by atoms with Crippen molar-refractivity contribution in [1.82, 2.24) is 5.32 Å². The second kappa shape index (κ2) is 9.45. The molecule has 0 spiro atoms. The van der Waals surface area contributed by atoms with Crippen LogP contribution in [-0.4, -0.2) is 33.7 Å². The molecule has 0 aromatic heterocycles. The number of nitro benzene ring substituents is 1. The molecule has 0 aliphatic rings. The van der Waals surface area contributed by atoms with Crippen LogP contribution in [0.2, 0.25) is 5.02 Å². The second-order valence-electron chi connectivity index (χ2n) is 7.36. The Kier molecular flexibility index (Phi) is 7.23. The maximum absolute atomic E-state index is 11.9. The lowest BCUT2D eigenvalue weighted by atomic mass is 10.0. The molecule has 160 valence electrons. The maximum atomic E-state index is 11.9. The van der Waals surface area contributed by atoms with E-state index in [9.17, 15) is 24.8 Å². The number of aliphatic carboxylic acids is 1. The fourth-order valence-corrected chi connectivity index (χ4v) is 2.56. The molecule has 30 heavy (non-hydrogen) atoms. The van der Waals surface area contributed by atoms with E-state index in [1.807, 2.05) is 0 Å². The molecule has 1 unspecified atom stereocenters. The number of amides is 1. The van der Waals surface area contributed by atoms with Crippen LogP contribution in [0.25, 0.3) is 0 Å². The van der Waals surface area contributed by atoms with Crippen molar-refractivity contribution >= 4 is 29.4 Å². The van der Waals surface area contributed by atoms with Gasteiger partial charge in [-0.15, -0.1) is 0 Å². The molecule has 0 radical (unpaired) electrons. The summed E-state index contributed by atoms with van der Waals surface area (Å²) in [7, 11) is 0. The van der Waals surface area contributed by atoms with E-state index >= 15 is 0 Å². The Morgan fingerprint density at radius 2 is 1.83 bits per heavy atom. The molecule has 0 aliphatic carbocycles. The van der Waals surface area contributed by atoms with Gasteiger partial charge in [0.15, 0.2) is 0 Å². The monoisotopic (exact) mass is 436 g/mol. The Hall–Kier alpha value is -3.33. The fourth-order valence-electron chi connectivity index (χ4n) is 2.43. The minimum Gasteiger partial charge on any atom is -0.480 e. The number of nitrogens with zero attached hydrogens (tertiary/aromatic N) is 1. The number of carbonyl (C=O) groups excluding carboxylic acids is 1. The fraction of sp³-hybridized carbons (Fsp3) is 0.300. The molecule has 2 rings (SSSR count). The highest BCUT2D eigenvalue weighted by molar-refractivity contribution is 6.30. The van der Waals surface area contributed by atoms with Crippen LogP contribution >= 0.6 is 11.6 Å². The van der Waals surface area contributed by atoms with Gasteiger partial charge in [0.05, 0.1) is 4.92 Å². The summed E-state index contributed by atoms with van der Waals surface area (Å²) < 4.78 is 10.6. The predicted octanol–water partition coefficient (Wildman–Crippen LogP) is 4.56. The van der Waals surface area contributed by atoms with Gasteiger partial charge in [-0.25, -0.2) is 9.59 Å². The van der Waals surface area contributed by atoms with Crippen LogP contribution in [0.1, 0.15) is 26.3 Å². The van der Waals surface area contributed by atoms with E-state index < -0.39 is 28.6 Å². The van der Waals surface area contributed by atoms with Crippen molar-refractivity contribution in [3.05, 3.63) is 63.2 Å². The first-order valence-electron chi connectivity index (χ1n) is 8.87. The topological polar surface area (TPSA) is 128 Å². The molecule has 2 N–H and O–H groups in total. The highest BCUT2D eigenvalue weighted by Crippen LogP contribution is 2.33. The number of nitrogens with one attached hydrogen (secondary N) is 1. The normalized spacial score (nSPS) is 12.0. The molecule has 2 aromatic carbocycles. The lowest BCUT2D eigenvalue weighted by molar-refractivity contribution is -0.385. The molecular weight excluding hydrogens is 416 g/mol. The van der Waals surface area contributed by atoms with Crippen molar-refractivity contribution in [2.45, 2.75) is 38.8 Å². The number of carboxylic acid groups (broad SMARTS) is 1. The van der Waals surface area contributed by atoms with Crippen LogP contribution < -0.4 is 10.1 Å². The number of carboxylic acids is 1. The summed E-state index contributed by atoms with van der Waals surface area (Å²) in [5.41, 5.74) is -0.815. The maximum Gasteiger partial charge on any atom is 0.408 e. The first-order valence-corrected chi connectivity index (χ1v) is 9.25. The number of halogens is 1. The zero-order valence-corrected chi connectivity index (χ0v) is 17.3. The van der Waals surface area contributed by atoms with Crippen LogP contribution in [0.5, 0.6) is 11.5 Å². The number of ether oxygens (including phenoxy) is 2. The van der Waals surface area contributed by atoms with Crippen molar-refractivity contribution in [2.75, 3.05) is 0 Å².